The zero-order valence-corrected chi connectivity index (χ0v) is 18.2. The summed E-state index contributed by atoms with van der Waals surface area (Å²) in [6, 6.07) is 36.3. The van der Waals surface area contributed by atoms with Gasteiger partial charge < -0.3 is 4.90 Å². The van der Waals surface area contributed by atoms with Crippen molar-refractivity contribution in [2.45, 2.75) is 10.9 Å². The summed E-state index contributed by atoms with van der Waals surface area (Å²) < 4.78 is -0.350. The molecule has 1 aliphatic rings. The number of para-hydroxylation sites is 1. The number of benzene rings is 4. The van der Waals surface area contributed by atoms with E-state index >= 15 is 0 Å². The monoisotopic (exact) mass is 451 g/mol. The minimum atomic E-state index is -0.350. The second kappa shape index (κ2) is 7.97. The molecule has 30 heavy (non-hydrogen) atoms. The Morgan fingerprint density at radius 3 is 2.10 bits per heavy atom. The highest BCUT2D eigenvalue weighted by atomic mass is 79.9. The van der Waals surface area contributed by atoms with Crippen LogP contribution in [0.25, 0.3) is 16.3 Å². The van der Waals surface area contributed by atoms with Crippen LogP contribution >= 0.6 is 15.9 Å². The summed E-state index contributed by atoms with van der Waals surface area (Å²) in [4.78, 5) is 2.41. The van der Waals surface area contributed by atoms with Crippen molar-refractivity contribution < 1.29 is 0 Å². The van der Waals surface area contributed by atoms with Gasteiger partial charge in [0.2, 0.25) is 0 Å². The smallest absolute Gasteiger partial charge is 0.122 e. The molecule has 0 bridgehead atoms. The van der Waals surface area contributed by atoms with Crippen molar-refractivity contribution in [2.75, 3.05) is 4.90 Å². The third-order valence-corrected chi connectivity index (χ3v) is 6.57. The number of hydrogen-bond acceptors (Lipinski definition) is 1. The molecule has 0 heterocycles. The van der Waals surface area contributed by atoms with Gasteiger partial charge in [0.25, 0.3) is 0 Å². The maximum atomic E-state index is 4.12. The Balaban J connectivity index is 1.62. The van der Waals surface area contributed by atoms with Crippen molar-refractivity contribution in [3.8, 4) is 0 Å². The van der Waals surface area contributed by atoms with Gasteiger partial charge in [0.1, 0.15) is 4.45 Å². The van der Waals surface area contributed by atoms with Gasteiger partial charge in [0, 0.05) is 17.5 Å². The van der Waals surface area contributed by atoms with E-state index in [1.807, 2.05) is 0 Å². The molecule has 0 aromatic heterocycles. The van der Waals surface area contributed by atoms with Gasteiger partial charge >= 0.3 is 0 Å². The van der Waals surface area contributed by atoms with Crippen molar-refractivity contribution in [3.05, 3.63) is 127 Å². The SMILES string of the molecule is BrC1(N(c2ccccc2)c2cccc3ccccc23)C=CC(c2ccccc2)=CC1. The lowest BCUT2D eigenvalue weighted by molar-refractivity contribution is 0.743. The molecule has 0 radical (unpaired) electrons. The molecule has 1 unspecified atom stereocenters. The molecule has 0 saturated heterocycles. The Morgan fingerprint density at radius 2 is 1.37 bits per heavy atom. The van der Waals surface area contributed by atoms with Gasteiger partial charge in [-0.05, 0) is 40.8 Å². The first-order valence-corrected chi connectivity index (χ1v) is 11.0. The fraction of sp³-hybridized carbons (Fsp3) is 0.0714. The summed E-state index contributed by atoms with van der Waals surface area (Å²) in [7, 11) is 0. The lowest BCUT2D eigenvalue weighted by Crippen LogP contribution is -2.39. The molecule has 4 aromatic rings. The number of alkyl halides is 1. The van der Waals surface area contributed by atoms with E-state index in [0.29, 0.717) is 0 Å². The molecule has 5 rings (SSSR count). The van der Waals surface area contributed by atoms with E-state index in [9.17, 15) is 0 Å². The molecule has 146 valence electrons. The zero-order chi connectivity index (χ0) is 20.4. The molecular weight excluding hydrogens is 430 g/mol. The van der Waals surface area contributed by atoms with Crippen molar-refractivity contribution >= 4 is 43.7 Å². The van der Waals surface area contributed by atoms with Crippen LogP contribution in [0.4, 0.5) is 11.4 Å². The lowest BCUT2D eigenvalue weighted by Gasteiger charge is -2.41. The van der Waals surface area contributed by atoms with Gasteiger partial charge in [-0.1, -0.05) is 113 Å². The van der Waals surface area contributed by atoms with Crippen LogP contribution in [0.1, 0.15) is 12.0 Å². The van der Waals surface area contributed by atoms with Crippen molar-refractivity contribution in [2.24, 2.45) is 0 Å². The van der Waals surface area contributed by atoms with E-state index in [2.05, 4.69) is 142 Å². The number of fused-ring (bicyclic) bond motifs is 1. The number of nitrogens with zero attached hydrogens (tertiary/aromatic N) is 1. The van der Waals surface area contributed by atoms with Crippen LogP contribution in [0, 0.1) is 0 Å². The molecular formula is C28H22BrN. The van der Waals surface area contributed by atoms with E-state index in [1.54, 1.807) is 0 Å². The molecule has 2 heteroatoms. The fourth-order valence-corrected chi connectivity index (χ4v) is 4.84. The molecule has 1 aliphatic carbocycles. The van der Waals surface area contributed by atoms with E-state index in [4.69, 9.17) is 0 Å². The minimum Gasteiger partial charge on any atom is -0.321 e. The second-order valence-corrected chi connectivity index (χ2v) is 8.92. The molecule has 0 aliphatic heterocycles. The van der Waals surface area contributed by atoms with Crippen LogP contribution in [0.15, 0.2) is 121 Å². The molecule has 4 aromatic carbocycles. The zero-order valence-electron chi connectivity index (χ0n) is 16.6. The van der Waals surface area contributed by atoms with Crippen LogP contribution < -0.4 is 4.90 Å². The second-order valence-electron chi connectivity index (χ2n) is 7.55. The van der Waals surface area contributed by atoms with Crippen molar-refractivity contribution in [3.63, 3.8) is 0 Å². The Bertz CT molecular complexity index is 1220. The van der Waals surface area contributed by atoms with Gasteiger partial charge in [-0.15, -0.1) is 0 Å². The van der Waals surface area contributed by atoms with Crippen LogP contribution in [0.3, 0.4) is 0 Å². The van der Waals surface area contributed by atoms with Gasteiger partial charge in [0.05, 0.1) is 5.69 Å². The molecule has 0 amide bonds. The van der Waals surface area contributed by atoms with Crippen LogP contribution in [0.2, 0.25) is 0 Å². The highest BCUT2D eigenvalue weighted by Crippen LogP contribution is 2.45. The number of halogens is 1. The number of hydrogen-bond donors (Lipinski definition) is 0. The number of anilines is 2. The highest BCUT2D eigenvalue weighted by molar-refractivity contribution is 9.10. The van der Waals surface area contributed by atoms with E-state index in [0.717, 1.165) is 12.1 Å². The van der Waals surface area contributed by atoms with Gasteiger partial charge in [-0.25, -0.2) is 0 Å². The predicted octanol–water partition coefficient (Wildman–Crippen LogP) is 8.11. The summed E-state index contributed by atoms with van der Waals surface area (Å²) in [5.74, 6) is 0. The van der Waals surface area contributed by atoms with Gasteiger partial charge in [0.15, 0.2) is 0 Å². The molecule has 0 N–H and O–H groups in total. The molecule has 0 spiro atoms. The van der Waals surface area contributed by atoms with E-state index < -0.39 is 0 Å². The first-order valence-electron chi connectivity index (χ1n) is 10.2. The van der Waals surface area contributed by atoms with Gasteiger partial charge in [-0.2, -0.15) is 0 Å². The Morgan fingerprint density at radius 1 is 0.700 bits per heavy atom. The minimum absolute atomic E-state index is 0.350. The summed E-state index contributed by atoms with van der Waals surface area (Å²) in [6.45, 7) is 0. The molecule has 1 atom stereocenters. The maximum absolute atomic E-state index is 4.12. The predicted molar refractivity (Wildman–Crippen MR) is 132 cm³/mol. The largest absolute Gasteiger partial charge is 0.321 e. The summed E-state index contributed by atoms with van der Waals surface area (Å²) in [5.41, 5.74) is 4.86. The Kier molecular flexibility index (Phi) is 5.02. The van der Waals surface area contributed by atoms with E-state index in [1.165, 1.54) is 27.6 Å². The summed E-state index contributed by atoms with van der Waals surface area (Å²) >= 11 is 4.12. The first-order chi connectivity index (χ1) is 14.7. The highest BCUT2D eigenvalue weighted by Gasteiger charge is 2.34. The van der Waals surface area contributed by atoms with Crippen molar-refractivity contribution in [1.29, 1.82) is 0 Å². The van der Waals surface area contributed by atoms with Gasteiger partial charge in [-0.3, -0.25) is 0 Å². The topological polar surface area (TPSA) is 3.24 Å². The van der Waals surface area contributed by atoms with E-state index in [-0.39, 0.29) is 4.45 Å². The van der Waals surface area contributed by atoms with Crippen LogP contribution in [0.5, 0.6) is 0 Å². The van der Waals surface area contributed by atoms with Crippen molar-refractivity contribution in [1.82, 2.24) is 0 Å². The maximum Gasteiger partial charge on any atom is 0.122 e. The fourth-order valence-electron chi connectivity index (χ4n) is 4.15. The molecule has 1 nitrogen and oxygen atoms in total. The normalized spacial score (nSPS) is 18.2. The third kappa shape index (κ3) is 3.48. The molecule has 0 fully saturated rings. The number of rotatable bonds is 4. The third-order valence-electron chi connectivity index (χ3n) is 5.63. The Labute approximate surface area is 186 Å². The summed E-state index contributed by atoms with van der Waals surface area (Å²) in [6.07, 6.45) is 7.69. The lowest BCUT2D eigenvalue weighted by atomic mass is 9.95. The van der Waals surface area contributed by atoms with Crippen LogP contribution in [-0.2, 0) is 0 Å². The first kappa shape index (κ1) is 18.9. The number of allylic oxidation sites excluding steroid dienone is 2. The Hall–Kier alpha value is -3.10. The van der Waals surface area contributed by atoms with Crippen LogP contribution in [-0.4, -0.2) is 4.45 Å². The molecule has 0 saturated carbocycles. The average molecular weight is 452 g/mol. The average Bonchev–Trinajstić information content (AvgIpc) is 2.81. The standard InChI is InChI=1S/C28H22BrN/c29-28(20-18-23(19-21-28)22-10-3-1-4-11-22)30(25-14-5-2-6-15-25)27-17-9-13-24-12-7-8-16-26(24)27/h1-20H,21H2. The quantitative estimate of drug-likeness (QED) is 0.223. The summed E-state index contributed by atoms with van der Waals surface area (Å²) in [5, 5.41) is 2.49.